The number of nitrogens with one attached hydrogen (secondary N) is 1. The molecule has 25 heavy (non-hydrogen) atoms. The van der Waals surface area contributed by atoms with Crippen LogP contribution in [0.15, 0.2) is 69.4 Å². The number of hydrogen-bond donors (Lipinski definition) is 1. The van der Waals surface area contributed by atoms with Crippen molar-refractivity contribution >= 4 is 29.4 Å². The van der Waals surface area contributed by atoms with Crippen LogP contribution in [0, 0.1) is 0 Å². The Balaban J connectivity index is 1.37. The highest BCUT2D eigenvalue weighted by Gasteiger charge is 2.11. The van der Waals surface area contributed by atoms with Gasteiger partial charge in [0.25, 0.3) is 5.22 Å². The van der Waals surface area contributed by atoms with Gasteiger partial charge in [-0.15, -0.1) is 22.0 Å². The lowest BCUT2D eigenvalue weighted by atomic mass is 10.3. The average molecular weight is 372 g/mol. The van der Waals surface area contributed by atoms with Gasteiger partial charge in [-0.05, 0) is 24.3 Å². The van der Waals surface area contributed by atoms with Crippen LogP contribution in [0.25, 0.3) is 11.5 Å². The number of hydrogen-bond acceptors (Lipinski definition) is 7. The zero-order valence-electron chi connectivity index (χ0n) is 13.3. The Labute approximate surface area is 153 Å². The predicted octanol–water partition coefficient (Wildman–Crippen LogP) is 3.13. The molecule has 2 aromatic heterocycles. The third kappa shape index (κ3) is 5.61. The van der Waals surface area contributed by atoms with E-state index >= 15 is 0 Å². The van der Waals surface area contributed by atoms with E-state index < -0.39 is 0 Å². The minimum Gasteiger partial charge on any atom is -0.411 e. The zero-order chi connectivity index (χ0) is 17.3. The van der Waals surface area contributed by atoms with Crippen LogP contribution in [-0.2, 0) is 4.79 Å². The number of pyridine rings is 1. The van der Waals surface area contributed by atoms with Gasteiger partial charge >= 0.3 is 0 Å². The van der Waals surface area contributed by atoms with E-state index in [0.29, 0.717) is 17.7 Å². The van der Waals surface area contributed by atoms with Crippen LogP contribution in [0.4, 0.5) is 0 Å². The number of amides is 1. The molecule has 0 bridgehead atoms. The number of thioether (sulfide) groups is 2. The van der Waals surface area contributed by atoms with Crippen LogP contribution >= 0.6 is 23.5 Å². The quantitative estimate of drug-likeness (QED) is 0.480. The van der Waals surface area contributed by atoms with Crippen LogP contribution in [0.2, 0.25) is 0 Å². The maximum atomic E-state index is 11.9. The van der Waals surface area contributed by atoms with Crippen molar-refractivity contribution in [1.82, 2.24) is 20.5 Å². The topological polar surface area (TPSA) is 80.9 Å². The summed E-state index contributed by atoms with van der Waals surface area (Å²) < 4.78 is 5.52. The second kappa shape index (κ2) is 9.24. The van der Waals surface area contributed by atoms with E-state index in [-0.39, 0.29) is 11.7 Å². The highest BCUT2D eigenvalue weighted by Crippen LogP contribution is 2.22. The molecule has 1 N–H and O–H groups in total. The third-order valence-electron chi connectivity index (χ3n) is 3.08. The van der Waals surface area contributed by atoms with E-state index in [1.807, 2.05) is 24.3 Å². The first-order chi connectivity index (χ1) is 12.3. The first-order valence-corrected chi connectivity index (χ1v) is 9.59. The minimum absolute atomic E-state index is 0.0558. The Morgan fingerprint density at radius 3 is 2.76 bits per heavy atom. The fourth-order valence-electron chi connectivity index (χ4n) is 1.93. The van der Waals surface area contributed by atoms with E-state index in [1.165, 1.54) is 16.7 Å². The molecule has 3 rings (SSSR count). The molecule has 0 radical (unpaired) electrons. The lowest BCUT2D eigenvalue weighted by molar-refractivity contribution is -0.118. The summed E-state index contributed by atoms with van der Waals surface area (Å²) in [6.45, 7) is 0.615. The lowest BCUT2D eigenvalue weighted by Crippen LogP contribution is -2.27. The summed E-state index contributed by atoms with van der Waals surface area (Å²) >= 11 is 2.93. The number of nitrogens with zero attached hydrogens (tertiary/aromatic N) is 3. The fourth-order valence-corrected chi connectivity index (χ4v) is 3.31. The van der Waals surface area contributed by atoms with E-state index in [4.69, 9.17) is 4.42 Å². The molecular weight excluding hydrogens is 356 g/mol. The smallest absolute Gasteiger partial charge is 0.277 e. The molecule has 0 aliphatic carbocycles. The Morgan fingerprint density at radius 1 is 1.08 bits per heavy atom. The summed E-state index contributed by atoms with van der Waals surface area (Å²) in [6, 6.07) is 13.7. The first kappa shape index (κ1) is 17.5. The van der Waals surface area contributed by atoms with Gasteiger partial charge in [-0.2, -0.15) is 0 Å². The lowest BCUT2D eigenvalue weighted by Gasteiger charge is -2.04. The second-order valence-corrected chi connectivity index (χ2v) is 7.01. The van der Waals surface area contributed by atoms with Gasteiger partial charge in [-0.25, -0.2) is 0 Å². The maximum absolute atomic E-state index is 11.9. The fraction of sp³-hybridized carbons (Fsp3) is 0.176. The van der Waals surface area contributed by atoms with Crippen molar-refractivity contribution in [1.29, 1.82) is 0 Å². The number of rotatable bonds is 8. The predicted molar refractivity (Wildman–Crippen MR) is 98.4 cm³/mol. The maximum Gasteiger partial charge on any atom is 0.277 e. The molecule has 6 nitrogen and oxygen atoms in total. The van der Waals surface area contributed by atoms with Crippen LogP contribution < -0.4 is 5.32 Å². The van der Waals surface area contributed by atoms with Crippen LogP contribution in [0.5, 0.6) is 0 Å². The van der Waals surface area contributed by atoms with E-state index in [0.717, 1.165) is 11.3 Å². The van der Waals surface area contributed by atoms with E-state index in [9.17, 15) is 4.79 Å². The molecule has 8 heteroatoms. The summed E-state index contributed by atoms with van der Waals surface area (Å²) in [6.07, 6.45) is 3.33. The van der Waals surface area contributed by atoms with Crippen molar-refractivity contribution in [3.8, 4) is 11.5 Å². The molecule has 1 amide bonds. The molecule has 0 atom stereocenters. The molecule has 3 aromatic rings. The molecule has 0 aliphatic heterocycles. The Bertz CT molecular complexity index is 797. The van der Waals surface area contributed by atoms with Crippen molar-refractivity contribution in [3.05, 3.63) is 54.9 Å². The SMILES string of the molecule is O=C(CSc1nnc(-c2cccnc2)o1)NCCSc1ccccc1. The van der Waals surface area contributed by atoms with Gasteiger partial charge < -0.3 is 9.73 Å². The van der Waals surface area contributed by atoms with Crippen LogP contribution in [-0.4, -0.2) is 39.1 Å². The Kier molecular flexibility index (Phi) is 6.47. The monoisotopic (exact) mass is 372 g/mol. The van der Waals surface area contributed by atoms with Crippen molar-refractivity contribution in [2.75, 3.05) is 18.1 Å². The molecular formula is C17H16N4O2S2. The van der Waals surface area contributed by atoms with Crippen molar-refractivity contribution in [2.45, 2.75) is 10.1 Å². The highest BCUT2D eigenvalue weighted by atomic mass is 32.2. The largest absolute Gasteiger partial charge is 0.411 e. The summed E-state index contributed by atoms with van der Waals surface area (Å²) in [5, 5.41) is 11.1. The van der Waals surface area contributed by atoms with Gasteiger partial charge in [0.2, 0.25) is 11.8 Å². The number of carbonyl (C=O) groups is 1. The van der Waals surface area contributed by atoms with Gasteiger partial charge in [-0.3, -0.25) is 9.78 Å². The molecule has 0 spiro atoms. The molecule has 0 saturated heterocycles. The van der Waals surface area contributed by atoms with Gasteiger partial charge in [0.15, 0.2) is 0 Å². The summed E-state index contributed by atoms with van der Waals surface area (Å²) in [5.74, 6) is 1.41. The molecule has 1 aromatic carbocycles. The van der Waals surface area contributed by atoms with Crippen molar-refractivity contribution in [2.24, 2.45) is 0 Å². The van der Waals surface area contributed by atoms with Crippen LogP contribution in [0.1, 0.15) is 0 Å². The molecule has 0 fully saturated rings. The Hall–Kier alpha value is -2.32. The van der Waals surface area contributed by atoms with Gasteiger partial charge in [0.1, 0.15) is 0 Å². The summed E-state index contributed by atoms with van der Waals surface area (Å²) in [5.41, 5.74) is 0.754. The molecule has 2 heterocycles. The standard InChI is InChI=1S/C17H16N4O2S2/c22-15(19-9-10-24-14-6-2-1-3-7-14)12-25-17-21-20-16(23-17)13-5-4-8-18-11-13/h1-8,11H,9-10,12H2,(H,19,22). The normalized spacial score (nSPS) is 10.6. The van der Waals surface area contributed by atoms with E-state index in [2.05, 4.69) is 32.6 Å². The first-order valence-electron chi connectivity index (χ1n) is 7.62. The number of benzene rings is 1. The van der Waals surface area contributed by atoms with E-state index in [1.54, 1.807) is 30.2 Å². The average Bonchev–Trinajstić information content (AvgIpc) is 3.14. The number of aromatic nitrogens is 3. The molecule has 0 unspecified atom stereocenters. The minimum atomic E-state index is -0.0558. The second-order valence-electron chi connectivity index (χ2n) is 4.91. The Morgan fingerprint density at radius 2 is 1.96 bits per heavy atom. The molecule has 0 saturated carbocycles. The third-order valence-corrected chi connectivity index (χ3v) is 4.91. The number of carbonyl (C=O) groups excluding carboxylic acids is 1. The summed E-state index contributed by atoms with van der Waals surface area (Å²) in [7, 11) is 0. The highest BCUT2D eigenvalue weighted by molar-refractivity contribution is 7.99. The molecule has 0 aliphatic rings. The zero-order valence-corrected chi connectivity index (χ0v) is 14.9. The summed E-state index contributed by atoms with van der Waals surface area (Å²) in [4.78, 5) is 17.1. The van der Waals surface area contributed by atoms with Gasteiger partial charge in [0, 0.05) is 29.6 Å². The molecule has 128 valence electrons. The van der Waals surface area contributed by atoms with Crippen molar-refractivity contribution in [3.63, 3.8) is 0 Å². The van der Waals surface area contributed by atoms with Gasteiger partial charge in [0.05, 0.1) is 11.3 Å². The van der Waals surface area contributed by atoms with Crippen LogP contribution in [0.3, 0.4) is 0 Å². The van der Waals surface area contributed by atoms with Crippen molar-refractivity contribution < 1.29 is 9.21 Å². The van der Waals surface area contributed by atoms with Gasteiger partial charge in [-0.1, -0.05) is 30.0 Å².